The zero-order valence-electron chi connectivity index (χ0n) is 19.1. The molecular weight excluding hydrogens is 488 g/mol. The average molecular weight is 515 g/mol. The summed E-state index contributed by atoms with van der Waals surface area (Å²) in [6.45, 7) is -0.359. The summed E-state index contributed by atoms with van der Waals surface area (Å²) < 4.78 is 11.6. The number of hydrogen-bond acceptors (Lipinski definition) is 11. The number of aliphatic hydroxyl groups is 1. The second kappa shape index (κ2) is 9.51. The van der Waals surface area contributed by atoms with Crippen LogP contribution in [0.3, 0.4) is 0 Å². The first-order valence-electron chi connectivity index (χ1n) is 11.6. The Morgan fingerprint density at radius 1 is 1.14 bits per heavy atom. The van der Waals surface area contributed by atoms with Gasteiger partial charge in [-0.25, -0.2) is 15.0 Å². The van der Waals surface area contributed by atoms with Crippen molar-refractivity contribution < 1.29 is 19.4 Å². The Morgan fingerprint density at radius 3 is 2.57 bits per heavy atom. The zero-order valence-corrected chi connectivity index (χ0v) is 20.7. The van der Waals surface area contributed by atoms with Crippen LogP contribution in [-0.4, -0.2) is 81.0 Å². The van der Waals surface area contributed by atoms with Crippen LogP contribution in [0.2, 0.25) is 0 Å². The summed E-state index contributed by atoms with van der Waals surface area (Å²) in [5, 5.41) is 17.3. The van der Waals surface area contributed by atoms with Gasteiger partial charge in [0.2, 0.25) is 5.95 Å². The number of fused-ring (bicyclic) bond motifs is 2. The van der Waals surface area contributed by atoms with Gasteiger partial charge in [-0.1, -0.05) is 11.3 Å². The Bertz CT molecular complexity index is 1210. The number of aliphatic hydroxyl groups excluding tert-OH is 1. The lowest BCUT2D eigenvalue weighted by molar-refractivity contribution is -0.215. The second-order valence-electron chi connectivity index (χ2n) is 9.01. The number of carbonyl (C=O) groups excluding carboxylic acids is 1. The maximum absolute atomic E-state index is 13.0. The van der Waals surface area contributed by atoms with E-state index in [-0.39, 0.29) is 18.1 Å². The minimum atomic E-state index is -1.19. The molecule has 6 rings (SSSR count). The van der Waals surface area contributed by atoms with Gasteiger partial charge in [-0.3, -0.25) is 4.79 Å². The van der Waals surface area contributed by atoms with E-state index >= 15 is 0 Å². The third-order valence-corrected chi connectivity index (χ3v) is 8.31. The molecule has 3 aliphatic rings. The Balaban J connectivity index is 1.07. The van der Waals surface area contributed by atoms with Gasteiger partial charge < -0.3 is 30.1 Å². The van der Waals surface area contributed by atoms with E-state index in [1.807, 2.05) is 36.8 Å². The number of amides is 1. The zero-order chi connectivity index (χ0) is 23.9. The molecule has 1 aliphatic carbocycles. The fourth-order valence-corrected chi connectivity index (χ4v) is 6.20. The Kier molecular flexibility index (Phi) is 6.23. The van der Waals surface area contributed by atoms with E-state index in [9.17, 15) is 9.90 Å². The molecule has 5 atom stereocenters. The second-order valence-corrected chi connectivity index (χ2v) is 10.9. The highest BCUT2D eigenvalue weighted by Gasteiger charge is 2.44. The molecule has 0 spiro atoms. The van der Waals surface area contributed by atoms with Gasteiger partial charge >= 0.3 is 0 Å². The summed E-state index contributed by atoms with van der Waals surface area (Å²) in [6.07, 6.45) is 8.18. The van der Waals surface area contributed by atoms with Crippen molar-refractivity contribution >= 4 is 50.3 Å². The number of thioether (sulfide) groups is 1. The van der Waals surface area contributed by atoms with Crippen molar-refractivity contribution in [3.63, 3.8) is 0 Å². The van der Waals surface area contributed by atoms with Crippen molar-refractivity contribution in [3.05, 3.63) is 36.2 Å². The number of nitrogens with one attached hydrogen (secondary N) is 2. The van der Waals surface area contributed by atoms with E-state index in [4.69, 9.17) is 14.5 Å². The molecule has 12 heteroatoms. The predicted octanol–water partition coefficient (Wildman–Crippen LogP) is 2.77. The lowest BCUT2D eigenvalue weighted by atomic mass is 10.2. The fraction of sp³-hybridized carbons (Fsp3) is 0.478. The Labute approximate surface area is 210 Å². The molecule has 1 unspecified atom stereocenters. The van der Waals surface area contributed by atoms with E-state index in [0.29, 0.717) is 36.7 Å². The molecule has 1 saturated carbocycles. The van der Waals surface area contributed by atoms with Gasteiger partial charge in [-0.2, -0.15) is 0 Å². The van der Waals surface area contributed by atoms with Crippen molar-refractivity contribution in [1.82, 2.24) is 19.9 Å². The number of nitrogens with zero attached hydrogens (tertiary/aromatic N) is 4. The number of benzene rings is 1. The lowest BCUT2D eigenvalue weighted by Gasteiger charge is -2.17. The molecule has 1 amide bonds. The van der Waals surface area contributed by atoms with Gasteiger partial charge in [0.05, 0.1) is 23.3 Å². The van der Waals surface area contributed by atoms with Gasteiger partial charge in [0.15, 0.2) is 5.13 Å². The highest BCUT2D eigenvalue weighted by atomic mass is 32.2. The Morgan fingerprint density at radius 2 is 1.86 bits per heavy atom. The van der Waals surface area contributed by atoms with Gasteiger partial charge in [-0.15, -0.1) is 11.8 Å². The number of aromatic nitrogens is 3. The van der Waals surface area contributed by atoms with Crippen molar-refractivity contribution in [2.24, 2.45) is 0 Å². The normalized spacial score (nSPS) is 27.9. The molecule has 4 heterocycles. The molecule has 3 fully saturated rings. The molecule has 3 N–H and O–H groups in total. The third-order valence-electron chi connectivity index (χ3n) is 6.68. The summed E-state index contributed by atoms with van der Waals surface area (Å²) in [7, 11) is 0. The van der Waals surface area contributed by atoms with E-state index < -0.39 is 6.48 Å². The molecule has 2 aliphatic heterocycles. The summed E-state index contributed by atoms with van der Waals surface area (Å²) in [5.41, 5.74) is 1.49. The van der Waals surface area contributed by atoms with Crippen LogP contribution in [0.25, 0.3) is 10.2 Å². The van der Waals surface area contributed by atoms with E-state index in [0.717, 1.165) is 39.5 Å². The quantitative estimate of drug-likeness (QED) is 0.423. The van der Waals surface area contributed by atoms with Crippen molar-refractivity contribution in [1.29, 1.82) is 0 Å². The first-order chi connectivity index (χ1) is 17.0. The number of rotatable bonds is 6. The summed E-state index contributed by atoms with van der Waals surface area (Å²) in [6, 6.07) is 6.25. The smallest absolute Gasteiger partial charge is 0.269 e. The SMILES string of the molecule is CSc1cnc(N[C@H]2CC[C@H](Nc3nc4ccc(C(=O)N5C[C@@H]6OC(O)O[C@@H]6C5)cc4s3)C2)nc1. The van der Waals surface area contributed by atoms with E-state index in [1.54, 1.807) is 28.0 Å². The Hall–Kier alpha value is -2.51. The van der Waals surface area contributed by atoms with Crippen LogP contribution in [-0.2, 0) is 9.47 Å². The first-order valence-corrected chi connectivity index (χ1v) is 13.7. The van der Waals surface area contributed by atoms with Crippen LogP contribution in [0.5, 0.6) is 0 Å². The fourth-order valence-electron chi connectivity index (χ4n) is 4.90. The van der Waals surface area contributed by atoms with E-state index in [1.165, 1.54) is 0 Å². The molecule has 3 aromatic rings. The van der Waals surface area contributed by atoms with Gasteiger partial charge in [0.25, 0.3) is 12.4 Å². The molecule has 0 bridgehead atoms. The third kappa shape index (κ3) is 4.81. The first kappa shape index (κ1) is 22.9. The number of ether oxygens (including phenoxy) is 2. The molecule has 1 aromatic carbocycles. The van der Waals surface area contributed by atoms with Gasteiger partial charge in [-0.05, 0) is 43.7 Å². The highest BCUT2D eigenvalue weighted by Crippen LogP contribution is 2.32. The summed E-state index contributed by atoms with van der Waals surface area (Å²) >= 11 is 3.19. The maximum atomic E-state index is 13.0. The van der Waals surface area contributed by atoms with Crippen molar-refractivity contribution in [2.75, 3.05) is 30.0 Å². The number of hydrogen-bond donors (Lipinski definition) is 3. The molecule has 10 nitrogen and oxygen atoms in total. The maximum Gasteiger partial charge on any atom is 0.269 e. The topological polar surface area (TPSA) is 122 Å². The van der Waals surface area contributed by atoms with Gasteiger partial charge in [0.1, 0.15) is 12.2 Å². The van der Waals surface area contributed by atoms with Crippen molar-refractivity contribution in [3.8, 4) is 0 Å². The van der Waals surface area contributed by atoms with Crippen LogP contribution in [0.4, 0.5) is 11.1 Å². The van der Waals surface area contributed by atoms with E-state index in [2.05, 4.69) is 20.6 Å². The standard InChI is InChI=1S/C23H26N6O4S2/c1-34-15-8-24-21(25-9-15)26-13-3-4-14(7-13)27-22-28-16-5-2-12(6-19(16)35-22)20(30)29-10-17-18(11-29)33-23(31)32-17/h2,5-6,8-9,13-14,17-18,23,31H,3-4,7,10-11H2,1H3,(H,27,28)(H,24,25,26)/t13-,14-,17-,18+,23?/m0/s1. The average Bonchev–Trinajstić information content (AvgIpc) is 3.62. The monoisotopic (exact) mass is 514 g/mol. The predicted molar refractivity (Wildman–Crippen MR) is 134 cm³/mol. The largest absolute Gasteiger partial charge is 0.359 e. The number of carbonyl (C=O) groups is 1. The number of thiazole rings is 1. The number of anilines is 2. The van der Waals surface area contributed by atoms with Gasteiger partial charge in [0, 0.05) is 34.9 Å². The van der Waals surface area contributed by atoms with Crippen LogP contribution >= 0.6 is 23.1 Å². The summed E-state index contributed by atoms with van der Waals surface area (Å²) in [5.74, 6) is 0.602. The lowest BCUT2D eigenvalue weighted by Crippen LogP contribution is -2.32. The van der Waals surface area contributed by atoms with Crippen LogP contribution in [0.15, 0.2) is 35.5 Å². The van der Waals surface area contributed by atoms with Crippen molar-refractivity contribution in [2.45, 2.75) is 54.9 Å². The minimum Gasteiger partial charge on any atom is -0.359 e. The molecule has 35 heavy (non-hydrogen) atoms. The molecule has 2 aromatic heterocycles. The molecule has 2 saturated heterocycles. The number of likely N-dealkylation sites (tertiary alicyclic amines) is 1. The summed E-state index contributed by atoms with van der Waals surface area (Å²) in [4.78, 5) is 29.3. The highest BCUT2D eigenvalue weighted by molar-refractivity contribution is 7.98. The molecular formula is C23H26N6O4S2. The molecule has 184 valence electrons. The minimum absolute atomic E-state index is 0.0663. The van der Waals surface area contributed by atoms with Crippen LogP contribution < -0.4 is 10.6 Å². The van der Waals surface area contributed by atoms with Crippen LogP contribution in [0.1, 0.15) is 29.6 Å². The van der Waals surface area contributed by atoms with Crippen LogP contribution in [0, 0.1) is 0 Å². The molecule has 0 radical (unpaired) electrons.